The van der Waals surface area contributed by atoms with Crippen LogP contribution in [0.15, 0.2) is 30.5 Å². The van der Waals surface area contributed by atoms with E-state index in [0.29, 0.717) is 0 Å². The van der Waals surface area contributed by atoms with Crippen molar-refractivity contribution in [3.8, 4) is 0 Å². The highest BCUT2D eigenvalue weighted by atomic mass is 16.5. The maximum atomic E-state index is 5.69. The van der Waals surface area contributed by atoms with Gasteiger partial charge in [-0.25, -0.2) is 0 Å². The summed E-state index contributed by atoms with van der Waals surface area (Å²) in [5.41, 5.74) is 2.63. The fourth-order valence-electron chi connectivity index (χ4n) is 2.14. The fraction of sp³-hybridized carbons (Fsp3) is 0.400. The average molecular weight is 215 g/mol. The molecule has 0 amide bonds. The molecule has 1 heterocycles. The first kappa shape index (κ1) is 11.3. The highest BCUT2D eigenvalue weighted by molar-refractivity contribution is 5.55. The Kier molecular flexibility index (Phi) is 4.03. The Balaban J connectivity index is 1.94. The van der Waals surface area contributed by atoms with Gasteiger partial charge in [0.2, 0.25) is 0 Å². The summed E-state index contributed by atoms with van der Waals surface area (Å²) in [5, 5.41) is 0. The van der Waals surface area contributed by atoms with E-state index in [2.05, 4.69) is 31.2 Å². The number of benzene rings is 1. The molecule has 0 aliphatic carbocycles. The fourth-order valence-corrected chi connectivity index (χ4v) is 2.14. The summed E-state index contributed by atoms with van der Waals surface area (Å²) >= 11 is 0. The number of fused-ring (bicyclic) bond motifs is 1. The van der Waals surface area contributed by atoms with Gasteiger partial charge < -0.3 is 4.74 Å². The molecule has 1 aromatic rings. The molecule has 1 aliphatic rings. The van der Waals surface area contributed by atoms with Gasteiger partial charge in [-0.15, -0.1) is 0 Å². The molecule has 0 fully saturated rings. The molecule has 1 heteroatoms. The van der Waals surface area contributed by atoms with E-state index >= 15 is 0 Å². The Labute approximate surface area is 98.1 Å². The summed E-state index contributed by atoms with van der Waals surface area (Å²) in [7, 11) is 0. The summed E-state index contributed by atoms with van der Waals surface area (Å²) in [6.07, 6.45) is 9.99. The molecule has 0 saturated carbocycles. The predicted octanol–water partition coefficient (Wildman–Crippen LogP) is 4.51. The summed E-state index contributed by atoms with van der Waals surface area (Å²) in [6.45, 7) is 3.86. The van der Waals surface area contributed by atoms with Crippen LogP contribution in [0.3, 0.4) is 0 Å². The minimum atomic E-state index is 0.256. The van der Waals surface area contributed by atoms with Gasteiger partial charge in [0.25, 0.3) is 0 Å². The highest BCUT2D eigenvalue weighted by Crippen LogP contribution is 2.31. The second kappa shape index (κ2) is 5.74. The van der Waals surface area contributed by atoms with E-state index in [4.69, 9.17) is 4.74 Å². The standard InChI is InChI=1S/C15H19O/c1-2-3-4-5-10-15-14-9-7-6-8-13(14)11-12-16-15/h6-9,11-12,15H,1-5,10H2. The molecule has 1 nitrogen and oxygen atoms in total. The topological polar surface area (TPSA) is 9.23 Å². The van der Waals surface area contributed by atoms with Crippen LogP contribution in [-0.4, -0.2) is 0 Å². The van der Waals surface area contributed by atoms with Gasteiger partial charge in [0.05, 0.1) is 6.26 Å². The summed E-state index contributed by atoms with van der Waals surface area (Å²) in [6, 6.07) is 8.49. The van der Waals surface area contributed by atoms with Gasteiger partial charge in [-0.3, -0.25) is 0 Å². The normalized spacial score (nSPS) is 17.9. The van der Waals surface area contributed by atoms with Crippen LogP contribution in [0.4, 0.5) is 0 Å². The Bertz CT molecular complexity index is 354. The van der Waals surface area contributed by atoms with Gasteiger partial charge in [0.15, 0.2) is 0 Å². The van der Waals surface area contributed by atoms with Crippen LogP contribution < -0.4 is 0 Å². The van der Waals surface area contributed by atoms with E-state index < -0.39 is 0 Å². The Morgan fingerprint density at radius 3 is 2.88 bits per heavy atom. The number of unbranched alkanes of at least 4 members (excludes halogenated alkanes) is 3. The van der Waals surface area contributed by atoms with Gasteiger partial charge in [-0.1, -0.05) is 50.5 Å². The monoisotopic (exact) mass is 215 g/mol. The molecular formula is C15H19O. The number of ether oxygens (including phenoxy) is 1. The third-order valence-corrected chi connectivity index (χ3v) is 3.05. The van der Waals surface area contributed by atoms with Gasteiger partial charge >= 0.3 is 0 Å². The minimum absolute atomic E-state index is 0.256. The molecule has 1 aliphatic heterocycles. The lowest BCUT2D eigenvalue weighted by Crippen LogP contribution is -2.06. The quantitative estimate of drug-likeness (QED) is 0.656. The van der Waals surface area contributed by atoms with E-state index in [-0.39, 0.29) is 6.10 Å². The van der Waals surface area contributed by atoms with Crippen LogP contribution in [0, 0.1) is 6.92 Å². The first-order chi connectivity index (χ1) is 7.92. The molecule has 2 rings (SSSR count). The van der Waals surface area contributed by atoms with Gasteiger partial charge in [-0.2, -0.15) is 0 Å². The molecule has 0 bridgehead atoms. The second-order valence-corrected chi connectivity index (χ2v) is 4.26. The molecule has 1 aromatic carbocycles. The van der Waals surface area contributed by atoms with Gasteiger partial charge in [0, 0.05) is 0 Å². The summed E-state index contributed by atoms with van der Waals surface area (Å²) in [4.78, 5) is 0. The molecule has 0 spiro atoms. The number of hydrogen-bond donors (Lipinski definition) is 0. The predicted molar refractivity (Wildman–Crippen MR) is 67.7 cm³/mol. The Hall–Kier alpha value is -1.24. The third-order valence-electron chi connectivity index (χ3n) is 3.05. The van der Waals surface area contributed by atoms with Crippen molar-refractivity contribution in [3.63, 3.8) is 0 Å². The van der Waals surface area contributed by atoms with Crippen molar-refractivity contribution in [1.82, 2.24) is 0 Å². The Morgan fingerprint density at radius 1 is 1.12 bits per heavy atom. The molecule has 0 N–H and O–H groups in total. The van der Waals surface area contributed by atoms with Gasteiger partial charge in [0.1, 0.15) is 6.10 Å². The first-order valence-electron chi connectivity index (χ1n) is 6.12. The van der Waals surface area contributed by atoms with Crippen molar-refractivity contribution in [2.75, 3.05) is 0 Å². The maximum Gasteiger partial charge on any atom is 0.123 e. The zero-order valence-electron chi connectivity index (χ0n) is 9.69. The van der Waals surface area contributed by atoms with E-state index in [9.17, 15) is 0 Å². The molecule has 1 unspecified atom stereocenters. The van der Waals surface area contributed by atoms with Crippen molar-refractivity contribution in [2.45, 2.75) is 38.2 Å². The molecule has 1 radical (unpaired) electrons. The van der Waals surface area contributed by atoms with Crippen molar-refractivity contribution in [3.05, 3.63) is 48.6 Å². The van der Waals surface area contributed by atoms with Crippen LogP contribution in [-0.2, 0) is 4.74 Å². The van der Waals surface area contributed by atoms with Crippen LogP contribution in [0.2, 0.25) is 0 Å². The van der Waals surface area contributed by atoms with Crippen LogP contribution in [0.5, 0.6) is 0 Å². The lowest BCUT2D eigenvalue weighted by molar-refractivity contribution is 0.131. The second-order valence-electron chi connectivity index (χ2n) is 4.26. The zero-order chi connectivity index (χ0) is 11.2. The third kappa shape index (κ3) is 2.66. The smallest absolute Gasteiger partial charge is 0.123 e. The highest BCUT2D eigenvalue weighted by Gasteiger charge is 2.16. The minimum Gasteiger partial charge on any atom is -0.493 e. The lowest BCUT2D eigenvalue weighted by atomic mass is 9.96. The Morgan fingerprint density at radius 2 is 2.00 bits per heavy atom. The zero-order valence-corrected chi connectivity index (χ0v) is 9.69. The first-order valence-corrected chi connectivity index (χ1v) is 6.12. The van der Waals surface area contributed by atoms with E-state index in [1.165, 1.54) is 30.4 Å². The average Bonchev–Trinajstić information content (AvgIpc) is 2.35. The maximum absolute atomic E-state index is 5.69. The molecular weight excluding hydrogens is 196 g/mol. The van der Waals surface area contributed by atoms with Crippen molar-refractivity contribution < 1.29 is 4.74 Å². The molecule has 85 valence electrons. The SMILES string of the molecule is [CH2]CCCCCC1OC=Cc2ccccc21. The van der Waals surface area contributed by atoms with Crippen LogP contribution in [0.25, 0.3) is 6.08 Å². The number of rotatable bonds is 5. The summed E-state index contributed by atoms with van der Waals surface area (Å²) < 4.78 is 5.69. The molecule has 0 aromatic heterocycles. The number of hydrogen-bond acceptors (Lipinski definition) is 1. The van der Waals surface area contributed by atoms with Crippen molar-refractivity contribution in [1.29, 1.82) is 0 Å². The molecule has 16 heavy (non-hydrogen) atoms. The van der Waals surface area contributed by atoms with Crippen molar-refractivity contribution >= 4 is 6.08 Å². The van der Waals surface area contributed by atoms with Crippen LogP contribution >= 0.6 is 0 Å². The lowest BCUT2D eigenvalue weighted by Gasteiger charge is -2.22. The van der Waals surface area contributed by atoms with E-state index in [1.807, 2.05) is 12.3 Å². The summed E-state index contributed by atoms with van der Waals surface area (Å²) in [5.74, 6) is 0. The van der Waals surface area contributed by atoms with Gasteiger partial charge in [-0.05, 0) is 30.0 Å². The molecule has 0 saturated heterocycles. The molecule has 1 atom stereocenters. The van der Waals surface area contributed by atoms with E-state index in [1.54, 1.807) is 0 Å². The van der Waals surface area contributed by atoms with Crippen LogP contribution in [0.1, 0.15) is 49.3 Å². The van der Waals surface area contributed by atoms with E-state index in [0.717, 1.165) is 12.8 Å². The largest absolute Gasteiger partial charge is 0.493 e. The van der Waals surface area contributed by atoms with Crippen molar-refractivity contribution in [2.24, 2.45) is 0 Å².